The van der Waals surface area contributed by atoms with E-state index in [9.17, 15) is 9.59 Å². The molecule has 0 fully saturated rings. The molecule has 0 bridgehead atoms. The Labute approximate surface area is 283 Å². The van der Waals surface area contributed by atoms with Crippen molar-refractivity contribution in [3.8, 4) is 11.5 Å². The zero-order valence-corrected chi connectivity index (χ0v) is 33.3. The van der Waals surface area contributed by atoms with E-state index in [2.05, 4.69) is 46.9 Å². The molecule has 0 aromatic heterocycles. The number of ketones is 2. The second-order valence-corrected chi connectivity index (χ2v) is 18.3. The van der Waals surface area contributed by atoms with Gasteiger partial charge in [-0.3, -0.25) is 9.59 Å². The normalized spacial score (nSPS) is 12.6. The molecule has 0 saturated carbocycles. The standard InChI is InChI=1S/C20H32O2.C19H31NO2.C2H6/c1-18(2,3)13-14-10-11-15(22-20(7,8)9)12-16(14)17(21)19(4,5)6;1-17(2,3)16(21)13-10-14(20-18(4,5)6)12-15(11-13)22-19(7,8)9;1-2/h10-12H,13H2,1-9H3;10-12,20H,1-9H3;1-2H3. The third kappa shape index (κ3) is 17.2. The lowest BCUT2D eigenvalue weighted by Gasteiger charge is -2.26. The molecular weight excluding hydrogens is 570 g/mol. The highest BCUT2D eigenvalue weighted by molar-refractivity contribution is 6.01. The van der Waals surface area contributed by atoms with Gasteiger partial charge in [0.1, 0.15) is 22.7 Å². The summed E-state index contributed by atoms with van der Waals surface area (Å²) >= 11 is 0. The minimum absolute atomic E-state index is 0.0809. The molecular formula is C41H69NO4. The molecule has 5 heteroatoms. The average molecular weight is 640 g/mol. The molecule has 0 aliphatic heterocycles. The van der Waals surface area contributed by atoms with Crippen molar-refractivity contribution in [1.82, 2.24) is 0 Å². The van der Waals surface area contributed by atoms with Crippen LogP contribution in [0.4, 0.5) is 5.69 Å². The zero-order valence-electron chi connectivity index (χ0n) is 33.3. The summed E-state index contributed by atoms with van der Waals surface area (Å²) in [4.78, 5) is 25.5. The van der Waals surface area contributed by atoms with Crippen LogP contribution in [0.25, 0.3) is 0 Å². The molecule has 2 rings (SSSR count). The van der Waals surface area contributed by atoms with Crippen LogP contribution in [0.1, 0.15) is 165 Å². The zero-order chi connectivity index (χ0) is 36.7. The predicted octanol–water partition coefficient (Wildman–Crippen LogP) is 12.0. The molecule has 46 heavy (non-hydrogen) atoms. The van der Waals surface area contributed by atoms with E-state index in [1.54, 1.807) is 0 Å². The van der Waals surface area contributed by atoms with Crippen molar-refractivity contribution >= 4 is 17.3 Å². The molecule has 5 nitrogen and oxygen atoms in total. The van der Waals surface area contributed by atoms with Gasteiger partial charge in [-0.25, -0.2) is 0 Å². The molecule has 0 heterocycles. The van der Waals surface area contributed by atoms with Crippen molar-refractivity contribution in [2.75, 3.05) is 5.32 Å². The number of hydrogen-bond donors (Lipinski definition) is 1. The summed E-state index contributed by atoms with van der Waals surface area (Å²) in [6, 6.07) is 11.6. The Kier molecular flexibility index (Phi) is 14.9. The van der Waals surface area contributed by atoms with Gasteiger partial charge in [0.05, 0.1) is 0 Å². The average Bonchev–Trinajstić information content (AvgIpc) is 2.80. The van der Waals surface area contributed by atoms with Gasteiger partial charge in [0.2, 0.25) is 0 Å². The maximum absolute atomic E-state index is 12.8. The number of anilines is 1. The van der Waals surface area contributed by atoms with Gasteiger partial charge in [0, 0.05) is 39.2 Å². The summed E-state index contributed by atoms with van der Waals surface area (Å²) in [6.45, 7) is 40.6. The molecule has 0 atom stereocenters. The van der Waals surface area contributed by atoms with E-state index >= 15 is 0 Å². The third-order valence-corrected chi connectivity index (χ3v) is 5.95. The summed E-state index contributed by atoms with van der Waals surface area (Å²) < 4.78 is 11.9. The number of ether oxygens (including phenoxy) is 2. The monoisotopic (exact) mass is 640 g/mol. The van der Waals surface area contributed by atoms with Crippen LogP contribution in [-0.4, -0.2) is 28.3 Å². The molecule has 0 unspecified atom stereocenters. The second-order valence-electron chi connectivity index (χ2n) is 18.3. The van der Waals surface area contributed by atoms with Crippen LogP contribution in [0, 0.1) is 16.2 Å². The van der Waals surface area contributed by atoms with Crippen LogP contribution >= 0.6 is 0 Å². The second kappa shape index (κ2) is 15.8. The van der Waals surface area contributed by atoms with Crippen molar-refractivity contribution in [3.05, 3.63) is 53.1 Å². The Balaban J connectivity index is 0.000000835. The summed E-state index contributed by atoms with van der Waals surface area (Å²) in [5.41, 5.74) is 2.16. The topological polar surface area (TPSA) is 64.6 Å². The first-order chi connectivity index (χ1) is 20.4. The van der Waals surface area contributed by atoms with Gasteiger partial charge in [-0.2, -0.15) is 0 Å². The molecule has 0 radical (unpaired) electrons. The van der Waals surface area contributed by atoms with Crippen LogP contribution in [0.5, 0.6) is 11.5 Å². The number of Topliss-reactive ketones (excluding diaryl/α,β-unsaturated/α-hetero) is 2. The van der Waals surface area contributed by atoms with E-state index in [-0.39, 0.29) is 33.7 Å². The van der Waals surface area contributed by atoms with E-state index in [4.69, 9.17) is 9.47 Å². The first kappa shape index (κ1) is 43.2. The fourth-order valence-corrected chi connectivity index (χ4v) is 4.39. The van der Waals surface area contributed by atoms with E-state index in [0.29, 0.717) is 11.3 Å². The molecule has 1 N–H and O–H groups in total. The van der Waals surface area contributed by atoms with Gasteiger partial charge in [0.15, 0.2) is 11.6 Å². The van der Waals surface area contributed by atoms with Crippen LogP contribution in [0.2, 0.25) is 0 Å². The lowest BCUT2D eigenvalue weighted by molar-refractivity contribution is 0.0850. The number of carbonyl (C=O) groups is 2. The van der Waals surface area contributed by atoms with Gasteiger partial charge in [0.25, 0.3) is 0 Å². The maximum Gasteiger partial charge on any atom is 0.168 e. The Bertz CT molecular complexity index is 1240. The van der Waals surface area contributed by atoms with E-state index < -0.39 is 10.8 Å². The first-order valence-electron chi connectivity index (χ1n) is 16.9. The lowest BCUT2D eigenvalue weighted by atomic mass is 9.80. The highest BCUT2D eigenvalue weighted by atomic mass is 16.5. The van der Waals surface area contributed by atoms with Gasteiger partial charge >= 0.3 is 0 Å². The Morgan fingerprint density at radius 3 is 1.43 bits per heavy atom. The van der Waals surface area contributed by atoms with E-state index in [0.717, 1.165) is 29.0 Å². The molecule has 0 saturated heterocycles. The smallest absolute Gasteiger partial charge is 0.168 e. The van der Waals surface area contributed by atoms with Crippen molar-refractivity contribution in [1.29, 1.82) is 0 Å². The van der Waals surface area contributed by atoms with Crippen LogP contribution in [-0.2, 0) is 6.42 Å². The van der Waals surface area contributed by atoms with Crippen LogP contribution < -0.4 is 14.8 Å². The number of carbonyl (C=O) groups excluding carboxylic acids is 2. The number of nitrogens with one attached hydrogen (secondary N) is 1. The van der Waals surface area contributed by atoms with Gasteiger partial charge in [-0.1, -0.05) is 82.2 Å². The minimum Gasteiger partial charge on any atom is -0.488 e. The number of rotatable bonds is 6. The van der Waals surface area contributed by atoms with E-state index in [1.165, 1.54) is 0 Å². The summed E-state index contributed by atoms with van der Waals surface area (Å²) in [5, 5.41) is 3.42. The SMILES string of the molecule is CC.CC(C)(C)Cc1ccc(OC(C)(C)C)cc1C(=O)C(C)(C)C.CC(C)(C)Nc1cc(OC(C)(C)C)cc(C(=O)C(C)(C)C)c1. The quantitative estimate of drug-likeness (QED) is 0.319. The predicted molar refractivity (Wildman–Crippen MR) is 199 cm³/mol. The largest absolute Gasteiger partial charge is 0.488 e. The van der Waals surface area contributed by atoms with Crippen molar-refractivity contribution in [2.24, 2.45) is 16.2 Å². The van der Waals surface area contributed by atoms with Crippen molar-refractivity contribution < 1.29 is 19.1 Å². The number of benzene rings is 2. The van der Waals surface area contributed by atoms with Crippen LogP contribution in [0.15, 0.2) is 36.4 Å². The van der Waals surface area contributed by atoms with Gasteiger partial charge in [-0.15, -0.1) is 0 Å². The fourth-order valence-electron chi connectivity index (χ4n) is 4.39. The first-order valence-corrected chi connectivity index (χ1v) is 16.9. The molecule has 2 aromatic carbocycles. The Morgan fingerprint density at radius 2 is 1.04 bits per heavy atom. The highest BCUT2D eigenvalue weighted by Crippen LogP contribution is 2.32. The molecule has 2 aromatic rings. The van der Waals surface area contributed by atoms with Gasteiger partial charge in [-0.05, 0) is 104 Å². The fraction of sp³-hybridized carbons (Fsp3) is 0.659. The third-order valence-electron chi connectivity index (χ3n) is 5.95. The van der Waals surface area contributed by atoms with Crippen molar-refractivity contribution in [2.45, 2.75) is 162 Å². The minimum atomic E-state index is -0.417. The lowest BCUT2D eigenvalue weighted by Crippen LogP contribution is -2.27. The Morgan fingerprint density at radius 1 is 0.587 bits per heavy atom. The van der Waals surface area contributed by atoms with Gasteiger partial charge < -0.3 is 14.8 Å². The van der Waals surface area contributed by atoms with Crippen LogP contribution in [0.3, 0.4) is 0 Å². The Hall–Kier alpha value is -2.82. The summed E-state index contributed by atoms with van der Waals surface area (Å²) in [7, 11) is 0. The maximum atomic E-state index is 12.8. The summed E-state index contributed by atoms with van der Waals surface area (Å²) in [5.74, 6) is 1.77. The molecule has 0 amide bonds. The molecule has 0 spiro atoms. The molecule has 262 valence electrons. The van der Waals surface area contributed by atoms with Crippen molar-refractivity contribution in [3.63, 3.8) is 0 Å². The molecule has 0 aliphatic rings. The number of hydrogen-bond acceptors (Lipinski definition) is 5. The highest BCUT2D eigenvalue weighted by Gasteiger charge is 2.28. The van der Waals surface area contributed by atoms with E-state index in [1.807, 2.05) is 133 Å². The summed E-state index contributed by atoms with van der Waals surface area (Å²) in [6.07, 6.45) is 0.875. The molecule has 0 aliphatic carbocycles.